The van der Waals surface area contributed by atoms with E-state index in [0.29, 0.717) is 12.8 Å². The second-order valence-corrected chi connectivity index (χ2v) is 14.7. The molecule has 1 rings (SSSR count). The summed E-state index contributed by atoms with van der Waals surface area (Å²) in [4.78, 5) is 25.1. The van der Waals surface area contributed by atoms with Crippen molar-refractivity contribution in [2.24, 2.45) is 0 Å². The summed E-state index contributed by atoms with van der Waals surface area (Å²) < 4.78 is 53.6. The molecule has 50 heavy (non-hydrogen) atoms. The minimum atomic E-state index is -4.59. The van der Waals surface area contributed by atoms with E-state index in [1.807, 2.05) is 0 Å². The summed E-state index contributed by atoms with van der Waals surface area (Å²) in [5.41, 5.74) is 0. The van der Waals surface area contributed by atoms with Gasteiger partial charge in [-0.2, -0.15) is 8.42 Å². The van der Waals surface area contributed by atoms with Crippen LogP contribution in [0.3, 0.4) is 0 Å². The molecular weight excluding hydrogens is 668 g/mol. The van der Waals surface area contributed by atoms with Crippen LogP contribution in [0.5, 0.6) is 0 Å². The molecule has 0 aromatic carbocycles. The number of allylic oxidation sites excluding steroid dienone is 4. The maximum Gasteiger partial charge on any atom is 0.306 e. The summed E-state index contributed by atoms with van der Waals surface area (Å²) in [5.74, 6) is -2.03. The molecule has 1 aliphatic heterocycles. The van der Waals surface area contributed by atoms with E-state index < -0.39 is 71.2 Å². The molecule has 0 aromatic heterocycles. The summed E-state index contributed by atoms with van der Waals surface area (Å²) >= 11 is 0. The Bertz CT molecular complexity index is 1050. The summed E-state index contributed by atoms with van der Waals surface area (Å²) in [6.45, 7) is 3.63. The van der Waals surface area contributed by atoms with Crippen LogP contribution >= 0.6 is 0 Å². The number of esters is 2. The van der Waals surface area contributed by atoms with Crippen LogP contribution < -0.4 is 0 Å². The number of ether oxygens (including phenoxy) is 4. The highest BCUT2D eigenvalue weighted by Crippen LogP contribution is 2.24. The van der Waals surface area contributed by atoms with Gasteiger partial charge in [-0.05, 0) is 44.9 Å². The van der Waals surface area contributed by atoms with Crippen LogP contribution in [0.15, 0.2) is 24.3 Å². The predicted molar refractivity (Wildman–Crippen MR) is 192 cm³/mol. The molecule has 1 aliphatic rings. The van der Waals surface area contributed by atoms with Gasteiger partial charge in [-0.25, -0.2) is 0 Å². The van der Waals surface area contributed by atoms with E-state index >= 15 is 0 Å². The van der Waals surface area contributed by atoms with E-state index in [2.05, 4.69) is 38.2 Å². The predicted octanol–water partition coefficient (Wildman–Crippen LogP) is 6.11. The molecular formula is C37H66O12S. The fourth-order valence-corrected chi connectivity index (χ4v) is 6.22. The Hall–Kier alpha value is -1.87. The molecule has 1 heterocycles. The van der Waals surface area contributed by atoms with Crippen LogP contribution in [0.2, 0.25) is 0 Å². The molecule has 0 aliphatic carbocycles. The first-order valence-electron chi connectivity index (χ1n) is 18.9. The zero-order valence-electron chi connectivity index (χ0n) is 30.5. The molecule has 1 fully saturated rings. The Labute approximate surface area is 300 Å². The van der Waals surface area contributed by atoms with Gasteiger partial charge >= 0.3 is 11.9 Å². The van der Waals surface area contributed by atoms with Gasteiger partial charge in [0.05, 0.1) is 6.61 Å². The van der Waals surface area contributed by atoms with E-state index in [1.165, 1.54) is 44.9 Å². The van der Waals surface area contributed by atoms with Crippen LogP contribution in [-0.2, 0) is 38.7 Å². The second-order valence-electron chi connectivity index (χ2n) is 13.2. The number of rotatable bonds is 30. The van der Waals surface area contributed by atoms with Crippen LogP contribution in [0.1, 0.15) is 142 Å². The number of aliphatic hydroxyl groups excluding tert-OH is 3. The first-order chi connectivity index (χ1) is 24.0. The summed E-state index contributed by atoms with van der Waals surface area (Å²) in [6, 6.07) is 0. The SMILES string of the molecule is CCCCCCCC/C=C/C/C=C/CCCCC(=O)OC[C@H](CO[C@H]1O[C@H](CS(=O)(=O)O)[C@@H](O)C(O)C1O)OC(=O)CCCCCCCCC. The van der Waals surface area contributed by atoms with Crippen molar-refractivity contribution >= 4 is 22.1 Å². The van der Waals surface area contributed by atoms with Crippen LogP contribution in [-0.4, -0.2) is 96.0 Å². The van der Waals surface area contributed by atoms with E-state index in [9.17, 15) is 37.9 Å². The van der Waals surface area contributed by atoms with Crippen molar-refractivity contribution < 1.29 is 56.8 Å². The lowest BCUT2D eigenvalue weighted by atomic mass is 10.00. The van der Waals surface area contributed by atoms with Gasteiger partial charge in [-0.3, -0.25) is 14.1 Å². The maximum absolute atomic E-state index is 12.6. The van der Waals surface area contributed by atoms with Crippen LogP contribution in [0.4, 0.5) is 0 Å². The lowest BCUT2D eigenvalue weighted by Crippen LogP contribution is -2.60. The van der Waals surface area contributed by atoms with Gasteiger partial charge in [0, 0.05) is 12.8 Å². The lowest BCUT2D eigenvalue weighted by Gasteiger charge is -2.40. The molecule has 6 atom stereocenters. The van der Waals surface area contributed by atoms with Gasteiger partial charge in [0.1, 0.15) is 36.8 Å². The van der Waals surface area contributed by atoms with E-state index in [-0.39, 0.29) is 19.4 Å². The first-order valence-corrected chi connectivity index (χ1v) is 20.5. The molecule has 0 aromatic rings. The molecule has 0 radical (unpaired) electrons. The Morgan fingerprint density at radius 2 is 1.20 bits per heavy atom. The maximum atomic E-state index is 12.6. The van der Waals surface area contributed by atoms with Crippen molar-refractivity contribution in [1.82, 2.24) is 0 Å². The number of aliphatic hydroxyl groups is 3. The van der Waals surface area contributed by atoms with Gasteiger partial charge in [0.25, 0.3) is 10.1 Å². The molecule has 0 amide bonds. The second kappa shape index (κ2) is 28.7. The van der Waals surface area contributed by atoms with Crippen LogP contribution in [0, 0.1) is 0 Å². The first kappa shape index (κ1) is 46.2. The van der Waals surface area contributed by atoms with E-state index in [1.54, 1.807) is 0 Å². The van der Waals surface area contributed by atoms with Crippen molar-refractivity contribution in [1.29, 1.82) is 0 Å². The molecule has 2 unspecified atom stereocenters. The van der Waals surface area contributed by atoms with Gasteiger partial charge in [0.2, 0.25) is 0 Å². The fraction of sp³-hybridized carbons (Fsp3) is 0.838. The third kappa shape index (κ3) is 23.6. The Morgan fingerprint density at radius 1 is 0.680 bits per heavy atom. The number of hydrogen-bond donors (Lipinski definition) is 4. The molecule has 4 N–H and O–H groups in total. The minimum absolute atomic E-state index is 0.157. The highest BCUT2D eigenvalue weighted by molar-refractivity contribution is 7.85. The molecule has 0 bridgehead atoms. The van der Waals surface area contributed by atoms with E-state index in [4.69, 9.17) is 18.9 Å². The molecule has 13 heteroatoms. The van der Waals surface area contributed by atoms with Crippen molar-refractivity contribution in [3.8, 4) is 0 Å². The van der Waals surface area contributed by atoms with Crippen molar-refractivity contribution in [2.75, 3.05) is 19.0 Å². The number of hydrogen-bond acceptors (Lipinski definition) is 11. The van der Waals surface area contributed by atoms with Gasteiger partial charge in [0.15, 0.2) is 12.4 Å². The minimum Gasteiger partial charge on any atom is -0.462 e. The third-order valence-electron chi connectivity index (χ3n) is 8.53. The molecule has 1 saturated heterocycles. The number of carbonyl (C=O) groups excluding carboxylic acids is 2. The summed E-state index contributed by atoms with van der Waals surface area (Å²) in [7, 11) is -4.59. The van der Waals surface area contributed by atoms with Crippen molar-refractivity contribution in [2.45, 2.75) is 179 Å². The highest BCUT2D eigenvalue weighted by Gasteiger charge is 2.46. The van der Waals surface area contributed by atoms with Gasteiger partial charge < -0.3 is 34.3 Å². The zero-order chi connectivity index (χ0) is 37.0. The number of unbranched alkanes of at least 4 members (excludes halogenated alkanes) is 14. The van der Waals surface area contributed by atoms with Gasteiger partial charge in [-0.15, -0.1) is 0 Å². The van der Waals surface area contributed by atoms with Crippen molar-refractivity contribution in [3.05, 3.63) is 24.3 Å². The van der Waals surface area contributed by atoms with Crippen molar-refractivity contribution in [3.63, 3.8) is 0 Å². The average Bonchev–Trinajstić information content (AvgIpc) is 3.07. The lowest BCUT2D eigenvalue weighted by molar-refractivity contribution is -0.297. The van der Waals surface area contributed by atoms with E-state index in [0.717, 1.165) is 57.8 Å². The average molecular weight is 735 g/mol. The molecule has 292 valence electrons. The molecule has 12 nitrogen and oxygen atoms in total. The zero-order valence-corrected chi connectivity index (χ0v) is 31.3. The number of carbonyl (C=O) groups is 2. The molecule has 0 saturated carbocycles. The largest absolute Gasteiger partial charge is 0.462 e. The topological polar surface area (TPSA) is 186 Å². The molecule has 0 spiro atoms. The Balaban J connectivity index is 2.52. The Morgan fingerprint density at radius 3 is 1.80 bits per heavy atom. The third-order valence-corrected chi connectivity index (χ3v) is 9.28. The highest BCUT2D eigenvalue weighted by atomic mass is 32.2. The van der Waals surface area contributed by atoms with Crippen LogP contribution in [0.25, 0.3) is 0 Å². The fourth-order valence-electron chi connectivity index (χ4n) is 5.53. The summed E-state index contributed by atoms with van der Waals surface area (Å²) in [5, 5.41) is 30.6. The quantitative estimate of drug-likeness (QED) is 0.0288. The monoisotopic (exact) mass is 734 g/mol. The Kier molecular flexibility index (Phi) is 26.5. The van der Waals surface area contributed by atoms with Gasteiger partial charge in [-0.1, -0.05) is 109 Å². The standard InChI is InChI=1S/C37H66O12S/c1-3-5-7-9-11-12-13-14-15-16-17-18-20-21-23-25-32(38)46-27-30(48-33(39)26-24-22-19-10-8-6-4-2)28-47-37-36(42)35(41)34(40)31(49-37)29-50(43,44)45/h14-15,17-18,30-31,34-37,40-42H,3-13,16,19-29H2,1-2H3,(H,43,44,45)/b15-14+,18-17+/t30-,31-,34-,35?,36?,37+/m1/s1. The summed E-state index contributed by atoms with van der Waals surface area (Å²) in [6.07, 6.45) is 18.5. The normalized spacial score (nSPS) is 21.9. The smallest absolute Gasteiger partial charge is 0.306 e.